The van der Waals surface area contributed by atoms with Gasteiger partial charge in [0.2, 0.25) is 5.91 Å². The number of hydrogen-bond acceptors (Lipinski definition) is 4. The average molecular weight is 301 g/mol. The van der Waals surface area contributed by atoms with E-state index in [9.17, 15) is 14.4 Å². The first-order chi connectivity index (χ1) is 10.6. The van der Waals surface area contributed by atoms with Crippen LogP contribution in [-0.4, -0.2) is 35.8 Å². The Hall–Kier alpha value is -2.43. The van der Waals surface area contributed by atoms with Gasteiger partial charge in [-0.05, 0) is 25.0 Å². The number of ether oxygens (including phenoxy) is 1. The van der Waals surface area contributed by atoms with Crippen molar-refractivity contribution in [3.05, 3.63) is 41.5 Å². The van der Waals surface area contributed by atoms with Crippen molar-refractivity contribution >= 4 is 23.9 Å². The van der Waals surface area contributed by atoms with Crippen LogP contribution in [0.2, 0.25) is 0 Å². The lowest BCUT2D eigenvalue weighted by Crippen LogP contribution is -2.30. The molecule has 0 aromatic heterocycles. The minimum absolute atomic E-state index is 0.118. The number of hydrogen-bond donors (Lipinski definition) is 0. The lowest BCUT2D eigenvalue weighted by molar-refractivity contribution is -0.144. The number of likely N-dealkylation sites (tertiary alicyclic amines) is 1. The lowest BCUT2D eigenvalue weighted by Gasteiger charge is -2.12. The second kappa shape index (κ2) is 7.54. The summed E-state index contributed by atoms with van der Waals surface area (Å²) in [4.78, 5) is 36.7. The molecule has 0 bridgehead atoms. The highest BCUT2D eigenvalue weighted by Crippen LogP contribution is 2.21. The van der Waals surface area contributed by atoms with E-state index >= 15 is 0 Å². The second-order valence-corrected chi connectivity index (χ2v) is 5.02. The van der Waals surface area contributed by atoms with E-state index in [4.69, 9.17) is 4.74 Å². The maximum absolute atomic E-state index is 12.2. The summed E-state index contributed by atoms with van der Waals surface area (Å²) >= 11 is 0. The fourth-order valence-corrected chi connectivity index (χ4v) is 2.32. The molecule has 1 saturated heterocycles. The SMILES string of the molecule is CCOC(=O)CCCN1C(=O)CC(=Cc2ccccc2)C1=O. The summed E-state index contributed by atoms with van der Waals surface area (Å²) in [7, 11) is 0. The number of carbonyl (C=O) groups is 3. The molecule has 0 N–H and O–H groups in total. The topological polar surface area (TPSA) is 63.7 Å². The van der Waals surface area contributed by atoms with Crippen molar-refractivity contribution in [3.63, 3.8) is 0 Å². The number of rotatable bonds is 6. The molecule has 0 saturated carbocycles. The summed E-state index contributed by atoms with van der Waals surface area (Å²) in [5.74, 6) is -0.782. The molecule has 1 aliphatic rings. The molecule has 1 aliphatic heterocycles. The highest BCUT2D eigenvalue weighted by atomic mass is 16.5. The Balaban J connectivity index is 1.94. The van der Waals surface area contributed by atoms with Gasteiger partial charge in [0.15, 0.2) is 0 Å². The maximum atomic E-state index is 12.2. The third-order valence-electron chi connectivity index (χ3n) is 3.37. The Morgan fingerprint density at radius 3 is 2.68 bits per heavy atom. The smallest absolute Gasteiger partial charge is 0.305 e. The van der Waals surface area contributed by atoms with Crippen molar-refractivity contribution in [1.29, 1.82) is 0 Å². The molecular weight excluding hydrogens is 282 g/mol. The van der Waals surface area contributed by atoms with Crippen LogP contribution in [0.4, 0.5) is 0 Å². The Morgan fingerprint density at radius 1 is 1.27 bits per heavy atom. The molecule has 0 aliphatic carbocycles. The number of carbonyl (C=O) groups excluding carboxylic acids is 3. The summed E-state index contributed by atoms with van der Waals surface area (Å²) in [5, 5.41) is 0. The first kappa shape index (κ1) is 15.9. The molecule has 0 atom stereocenters. The van der Waals surface area contributed by atoms with Crippen LogP contribution in [0.3, 0.4) is 0 Å². The van der Waals surface area contributed by atoms with Crippen molar-refractivity contribution in [2.75, 3.05) is 13.2 Å². The zero-order valence-electron chi connectivity index (χ0n) is 12.6. The van der Waals surface area contributed by atoms with E-state index in [1.165, 1.54) is 4.90 Å². The monoisotopic (exact) mass is 301 g/mol. The van der Waals surface area contributed by atoms with E-state index in [-0.39, 0.29) is 37.2 Å². The number of benzene rings is 1. The van der Waals surface area contributed by atoms with Gasteiger partial charge in [0.25, 0.3) is 5.91 Å². The highest BCUT2D eigenvalue weighted by molar-refractivity contribution is 6.15. The number of esters is 1. The van der Waals surface area contributed by atoms with Crippen molar-refractivity contribution in [2.24, 2.45) is 0 Å². The van der Waals surface area contributed by atoms with Gasteiger partial charge in [-0.3, -0.25) is 19.3 Å². The standard InChI is InChI=1S/C17H19NO4/c1-2-22-16(20)9-6-10-18-15(19)12-14(17(18)21)11-13-7-4-3-5-8-13/h3-5,7-8,11H,2,6,9-10,12H2,1H3. The van der Waals surface area contributed by atoms with Crippen molar-refractivity contribution in [2.45, 2.75) is 26.2 Å². The van der Waals surface area contributed by atoms with Crippen LogP contribution in [0.5, 0.6) is 0 Å². The first-order valence-corrected chi connectivity index (χ1v) is 7.37. The van der Waals surface area contributed by atoms with E-state index in [1.807, 2.05) is 30.3 Å². The third kappa shape index (κ3) is 4.04. The molecule has 2 amide bonds. The van der Waals surface area contributed by atoms with Crippen LogP contribution in [0, 0.1) is 0 Å². The summed E-state index contributed by atoms with van der Waals surface area (Å²) in [5.41, 5.74) is 1.39. The van der Waals surface area contributed by atoms with Crippen molar-refractivity contribution < 1.29 is 19.1 Å². The summed E-state index contributed by atoms with van der Waals surface area (Å²) < 4.78 is 4.82. The second-order valence-electron chi connectivity index (χ2n) is 5.02. The normalized spacial score (nSPS) is 16.4. The van der Waals surface area contributed by atoms with Gasteiger partial charge in [0.05, 0.1) is 13.0 Å². The van der Waals surface area contributed by atoms with Gasteiger partial charge in [0.1, 0.15) is 0 Å². The van der Waals surface area contributed by atoms with Crippen LogP contribution in [0.25, 0.3) is 6.08 Å². The summed E-state index contributed by atoms with van der Waals surface area (Å²) in [6.07, 6.45) is 2.50. The average Bonchev–Trinajstić information content (AvgIpc) is 2.76. The van der Waals surface area contributed by atoms with Crippen LogP contribution in [0.1, 0.15) is 31.7 Å². The van der Waals surface area contributed by atoms with Crippen molar-refractivity contribution in [3.8, 4) is 0 Å². The molecule has 0 radical (unpaired) electrons. The van der Waals surface area contributed by atoms with Gasteiger partial charge < -0.3 is 4.74 Å². The molecule has 1 aromatic carbocycles. The number of nitrogens with zero attached hydrogens (tertiary/aromatic N) is 1. The van der Waals surface area contributed by atoms with Gasteiger partial charge in [0, 0.05) is 18.5 Å². The highest BCUT2D eigenvalue weighted by Gasteiger charge is 2.33. The third-order valence-corrected chi connectivity index (χ3v) is 3.37. The zero-order valence-corrected chi connectivity index (χ0v) is 12.6. The molecule has 5 heteroatoms. The summed E-state index contributed by atoms with van der Waals surface area (Å²) in [6.45, 7) is 2.33. The van der Waals surface area contributed by atoms with Gasteiger partial charge in [-0.2, -0.15) is 0 Å². The number of imide groups is 1. The minimum atomic E-state index is -0.304. The van der Waals surface area contributed by atoms with E-state index < -0.39 is 0 Å². The molecule has 0 spiro atoms. The molecular formula is C17H19NO4. The van der Waals surface area contributed by atoms with Crippen LogP contribution in [-0.2, 0) is 19.1 Å². The van der Waals surface area contributed by atoms with Gasteiger partial charge in [-0.15, -0.1) is 0 Å². The molecule has 116 valence electrons. The van der Waals surface area contributed by atoms with E-state index in [0.717, 1.165) is 5.56 Å². The largest absolute Gasteiger partial charge is 0.466 e. The quantitative estimate of drug-likeness (QED) is 0.459. The maximum Gasteiger partial charge on any atom is 0.305 e. The molecule has 0 unspecified atom stereocenters. The predicted molar refractivity (Wildman–Crippen MR) is 81.6 cm³/mol. The summed E-state index contributed by atoms with van der Waals surface area (Å²) in [6, 6.07) is 9.42. The van der Waals surface area contributed by atoms with E-state index in [1.54, 1.807) is 13.0 Å². The Kier molecular flexibility index (Phi) is 5.47. The fraction of sp³-hybridized carbons (Fsp3) is 0.353. The molecule has 2 rings (SSSR count). The Labute approximate surface area is 129 Å². The molecule has 1 heterocycles. The predicted octanol–water partition coefficient (Wildman–Crippen LogP) is 2.17. The van der Waals surface area contributed by atoms with Gasteiger partial charge in [-0.1, -0.05) is 30.3 Å². The van der Waals surface area contributed by atoms with E-state index in [2.05, 4.69) is 0 Å². The lowest BCUT2D eigenvalue weighted by atomic mass is 10.1. The van der Waals surface area contributed by atoms with Crippen LogP contribution < -0.4 is 0 Å². The van der Waals surface area contributed by atoms with Gasteiger partial charge >= 0.3 is 5.97 Å². The minimum Gasteiger partial charge on any atom is -0.466 e. The Morgan fingerprint density at radius 2 is 2.00 bits per heavy atom. The molecule has 1 aromatic rings. The Bertz CT molecular complexity index is 592. The first-order valence-electron chi connectivity index (χ1n) is 7.37. The molecule has 22 heavy (non-hydrogen) atoms. The van der Waals surface area contributed by atoms with Crippen LogP contribution >= 0.6 is 0 Å². The fourth-order valence-electron chi connectivity index (χ4n) is 2.32. The van der Waals surface area contributed by atoms with E-state index in [0.29, 0.717) is 18.6 Å². The molecule has 1 fully saturated rings. The van der Waals surface area contributed by atoms with Crippen LogP contribution in [0.15, 0.2) is 35.9 Å². The number of amides is 2. The van der Waals surface area contributed by atoms with Crippen molar-refractivity contribution in [1.82, 2.24) is 4.90 Å². The molecule has 5 nitrogen and oxygen atoms in total. The zero-order chi connectivity index (χ0) is 15.9. The van der Waals surface area contributed by atoms with Gasteiger partial charge in [-0.25, -0.2) is 0 Å².